The lowest BCUT2D eigenvalue weighted by atomic mass is 9.98. The van der Waals surface area contributed by atoms with E-state index in [1.165, 1.54) is 19.3 Å². The SMILES string of the molecule is CC(C)C(C(=O)NCC(N)c1ccccc1)N1CCCCC1.Cl.Cl. The zero-order chi connectivity index (χ0) is 15.9. The van der Waals surface area contributed by atoms with Gasteiger partial charge >= 0.3 is 0 Å². The second kappa shape index (κ2) is 11.7. The third kappa shape index (κ3) is 6.60. The van der Waals surface area contributed by atoms with Gasteiger partial charge in [0.1, 0.15) is 0 Å². The molecule has 138 valence electrons. The molecule has 1 aliphatic rings. The summed E-state index contributed by atoms with van der Waals surface area (Å²) in [5.74, 6) is 0.425. The fraction of sp³-hybridized carbons (Fsp3) is 0.611. The predicted octanol–water partition coefficient (Wildman–Crippen LogP) is 3.16. The predicted molar refractivity (Wildman–Crippen MR) is 105 cm³/mol. The quantitative estimate of drug-likeness (QED) is 0.802. The summed E-state index contributed by atoms with van der Waals surface area (Å²) >= 11 is 0. The van der Waals surface area contributed by atoms with Crippen LogP contribution in [-0.4, -0.2) is 36.5 Å². The number of nitrogens with one attached hydrogen (secondary N) is 1. The largest absolute Gasteiger partial charge is 0.353 e. The number of nitrogens with zero attached hydrogens (tertiary/aromatic N) is 1. The first kappa shape index (κ1) is 23.2. The van der Waals surface area contributed by atoms with E-state index in [-0.39, 0.29) is 42.8 Å². The Morgan fingerprint density at radius 1 is 1.12 bits per heavy atom. The second-order valence-electron chi connectivity index (χ2n) is 6.55. The molecule has 0 saturated carbocycles. The van der Waals surface area contributed by atoms with E-state index >= 15 is 0 Å². The van der Waals surface area contributed by atoms with Gasteiger partial charge in [0, 0.05) is 12.6 Å². The van der Waals surface area contributed by atoms with Gasteiger partial charge in [0.15, 0.2) is 0 Å². The number of benzene rings is 1. The molecule has 1 fully saturated rings. The Labute approximate surface area is 158 Å². The van der Waals surface area contributed by atoms with Crippen LogP contribution in [0.25, 0.3) is 0 Å². The first-order chi connectivity index (χ1) is 10.6. The van der Waals surface area contributed by atoms with Gasteiger partial charge in [-0.05, 0) is 37.4 Å². The molecule has 24 heavy (non-hydrogen) atoms. The van der Waals surface area contributed by atoms with E-state index < -0.39 is 0 Å². The van der Waals surface area contributed by atoms with Gasteiger partial charge in [-0.3, -0.25) is 9.69 Å². The van der Waals surface area contributed by atoms with Crippen LogP contribution in [-0.2, 0) is 4.79 Å². The summed E-state index contributed by atoms with van der Waals surface area (Å²) in [6.45, 7) is 6.79. The molecule has 1 saturated heterocycles. The third-order valence-corrected chi connectivity index (χ3v) is 4.41. The van der Waals surface area contributed by atoms with E-state index in [2.05, 4.69) is 24.1 Å². The summed E-state index contributed by atoms with van der Waals surface area (Å²) in [6, 6.07) is 9.73. The van der Waals surface area contributed by atoms with Crippen molar-refractivity contribution in [3.05, 3.63) is 35.9 Å². The van der Waals surface area contributed by atoms with E-state index in [1.54, 1.807) is 0 Å². The molecule has 4 nitrogen and oxygen atoms in total. The summed E-state index contributed by atoms with van der Waals surface area (Å²) < 4.78 is 0. The molecule has 1 aliphatic heterocycles. The lowest BCUT2D eigenvalue weighted by molar-refractivity contribution is -0.128. The van der Waals surface area contributed by atoms with E-state index in [0.717, 1.165) is 18.7 Å². The molecule has 0 radical (unpaired) electrons. The molecule has 0 aliphatic carbocycles. The first-order valence-electron chi connectivity index (χ1n) is 8.42. The zero-order valence-electron chi connectivity index (χ0n) is 14.6. The number of rotatable bonds is 6. The monoisotopic (exact) mass is 375 g/mol. The molecule has 0 spiro atoms. The van der Waals surface area contributed by atoms with Gasteiger partial charge in [-0.15, -0.1) is 24.8 Å². The number of carbonyl (C=O) groups excluding carboxylic acids is 1. The fourth-order valence-corrected chi connectivity index (χ4v) is 3.22. The highest BCUT2D eigenvalue weighted by atomic mass is 35.5. The van der Waals surface area contributed by atoms with Crippen molar-refractivity contribution in [1.82, 2.24) is 10.2 Å². The first-order valence-corrected chi connectivity index (χ1v) is 8.42. The maximum absolute atomic E-state index is 12.6. The van der Waals surface area contributed by atoms with Crippen LogP contribution in [0.15, 0.2) is 30.3 Å². The Bertz CT molecular complexity index is 465. The van der Waals surface area contributed by atoms with Crippen molar-refractivity contribution in [3.63, 3.8) is 0 Å². The molecule has 3 N–H and O–H groups in total. The van der Waals surface area contributed by atoms with Crippen molar-refractivity contribution in [2.45, 2.75) is 45.2 Å². The van der Waals surface area contributed by atoms with Crippen LogP contribution in [0.5, 0.6) is 0 Å². The molecule has 1 heterocycles. The van der Waals surface area contributed by atoms with E-state index in [0.29, 0.717) is 12.5 Å². The van der Waals surface area contributed by atoms with Crippen LogP contribution in [0.2, 0.25) is 0 Å². The zero-order valence-corrected chi connectivity index (χ0v) is 16.2. The highest BCUT2D eigenvalue weighted by Gasteiger charge is 2.29. The van der Waals surface area contributed by atoms with Gasteiger partial charge in [-0.25, -0.2) is 0 Å². The molecule has 2 unspecified atom stereocenters. The number of carbonyl (C=O) groups is 1. The summed E-state index contributed by atoms with van der Waals surface area (Å²) in [7, 11) is 0. The van der Waals surface area contributed by atoms with Gasteiger partial charge in [-0.2, -0.15) is 0 Å². The minimum absolute atomic E-state index is 0. The molecule has 2 rings (SSSR count). The van der Waals surface area contributed by atoms with Crippen molar-refractivity contribution < 1.29 is 4.79 Å². The summed E-state index contributed by atoms with van der Waals surface area (Å²) in [4.78, 5) is 14.9. The second-order valence-corrected chi connectivity index (χ2v) is 6.55. The highest BCUT2D eigenvalue weighted by Crippen LogP contribution is 2.18. The maximum atomic E-state index is 12.6. The highest BCUT2D eigenvalue weighted by molar-refractivity contribution is 5.85. The van der Waals surface area contributed by atoms with Crippen LogP contribution in [0.3, 0.4) is 0 Å². The van der Waals surface area contributed by atoms with Gasteiger partial charge in [0.2, 0.25) is 5.91 Å². The standard InChI is InChI=1S/C18H29N3O.2ClH/c1-14(2)17(21-11-7-4-8-12-21)18(22)20-13-16(19)15-9-5-3-6-10-15;;/h3,5-6,9-10,14,16-17H,4,7-8,11-13,19H2,1-2H3,(H,20,22);2*1H. The van der Waals surface area contributed by atoms with Crippen LogP contribution in [0, 0.1) is 5.92 Å². The number of piperidine rings is 1. The maximum Gasteiger partial charge on any atom is 0.237 e. The minimum atomic E-state index is -0.153. The number of halogens is 2. The van der Waals surface area contributed by atoms with Gasteiger partial charge in [0.05, 0.1) is 6.04 Å². The number of likely N-dealkylation sites (tertiary alicyclic amines) is 1. The average Bonchev–Trinajstić information content (AvgIpc) is 2.54. The number of hydrogen-bond donors (Lipinski definition) is 2. The van der Waals surface area contributed by atoms with E-state index in [9.17, 15) is 4.79 Å². The van der Waals surface area contributed by atoms with Crippen molar-refractivity contribution in [2.24, 2.45) is 11.7 Å². The van der Waals surface area contributed by atoms with Crippen LogP contribution < -0.4 is 11.1 Å². The van der Waals surface area contributed by atoms with Crippen molar-refractivity contribution >= 4 is 30.7 Å². The molecule has 0 aromatic heterocycles. The summed E-state index contributed by atoms with van der Waals surface area (Å²) in [5, 5.41) is 3.05. The van der Waals surface area contributed by atoms with E-state index in [1.807, 2.05) is 30.3 Å². The molecule has 1 aromatic carbocycles. The van der Waals surface area contributed by atoms with E-state index in [4.69, 9.17) is 5.73 Å². The van der Waals surface area contributed by atoms with Crippen LogP contribution in [0.4, 0.5) is 0 Å². The van der Waals surface area contributed by atoms with Gasteiger partial charge in [0.25, 0.3) is 0 Å². The van der Waals surface area contributed by atoms with Crippen molar-refractivity contribution in [1.29, 1.82) is 0 Å². The normalized spacial score (nSPS) is 17.3. The lowest BCUT2D eigenvalue weighted by Crippen LogP contribution is -2.52. The Morgan fingerprint density at radius 3 is 2.25 bits per heavy atom. The topological polar surface area (TPSA) is 58.4 Å². The Hall–Kier alpha value is -0.810. The Morgan fingerprint density at radius 2 is 1.71 bits per heavy atom. The molecular weight excluding hydrogens is 345 g/mol. The minimum Gasteiger partial charge on any atom is -0.353 e. The van der Waals surface area contributed by atoms with Crippen molar-refractivity contribution in [3.8, 4) is 0 Å². The molecule has 6 heteroatoms. The third-order valence-electron chi connectivity index (χ3n) is 4.41. The number of amides is 1. The Kier molecular flexibility index (Phi) is 11.3. The number of nitrogens with two attached hydrogens (primary N) is 1. The van der Waals surface area contributed by atoms with Crippen LogP contribution in [0.1, 0.15) is 44.7 Å². The van der Waals surface area contributed by atoms with Gasteiger partial charge in [-0.1, -0.05) is 50.6 Å². The molecule has 0 bridgehead atoms. The summed E-state index contributed by atoms with van der Waals surface area (Å²) in [5.41, 5.74) is 7.23. The van der Waals surface area contributed by atoms with Crippen LogP contribution >= 0.6 is 24.8 Å². The molecule has 1 aromatic rings. The fourth-order valence-electron chi connectivity index (χ4n) is 3.22. The molecular formula is C18H31Cl2N3O. The van der Waals surface area contributed by atoms with Crippen molar-refractivity contribution in [2.75, 3.05) is 19.6 Å². The Balaban J connectivity index is 0.00000264. The molecule has 2 atom stereocenters. The molecule has 1 amide bonds. The van der Waals surface area contributed by atoms with Gasteiger partial charge < -0.3 is 11.1 Å². The smallest absolute Gasteiger partial charge is 0.237 e. The number of hydrogen-bond acceptors (Lipinski definition) is 3. The lowest BCUT2D eigenvalue weighted by Gasteiger charge is -2.36. The average molecular weight is 376 g/mol. The summed E-state index contributed by atoms with van der Waals surface area (Å²) in [6.07, 6.45) is 3.67.